The van der Waals surface area contributed by atoms with Crippen molar-refractivity contribution < 1.29 is 19.1 Å². The molecule has 1 N–H and O–H groups in total. The Morgan fingerprint density at radius 2 is 1.86 bits per heavy atom. The van der Waals surface area contributed by atoms with Crippen LogP contribution in [0.5, 0.6) is 5.75 Å². The van der Waals surface area contributed by atoms with Crippen molar-refractivity contribution in [3.05, 3.63) is 66.4 Å². The second-order valence-corrected chi connectivity index (χ2v) is 6.16. The van der Waals surface area contributed by atoms with Gasteiger partial charge in [-0.2, -0.15) is 0 Å². The molecule has 1 amide bonds. The number of ether oxygens (including phenoxy) is 2. The van der Waals surface area contributed by atoms with E-state index in [0.717, 1.165) is 16.6 Å². The molecule has 0 spiro atoms. The first-order valence-electron chi connectivity index (χ1n) is 9.17. The summed E-state index contributed by atoms with van der Waals surface area (Å²) in [6, 6.07) is 19.0. The van der Waals surface area contributed by atoms with Crippen molar-refractivity contribution in [2.24, 2.45) is 0 Å². The van der Waals surface area contributed by atoms with Crippen LogP contribution in [0.4, 0.5) is 5.69 Å². The molecule has 0 radical (unpaired) electrons. The van der Waals surface area contributed by atoms with Crippen molar-refractivity contribution in [2.75, 3.05) is 11.9 Å². The van der Waals surface area contributed by atoms with Gasteiger partial charge < -0.3 is 14.8 Å². The van der Waals surface area contributed by atoms with Crippen LogP contribution in [-0.2, 0) is 20.9 Å². The minimum Gasteiger partial charge on any atom is -0.487 e. The van der Waals surface area contributed by atoms with Crippen molar-refractivity contribution in [1.29, 1.82) is 0 Å². The van der Waals surface area contributed by atoms with Crippen molar-refractivity contribution in [2.45, 2.75) is 26.4 Å². The Hall–Kier alpha value is -3.41. The predicted octanol–water partition coefficient (Wildman–Crippen LogP) is 4.10. The van der Waals surface area contributed by atoms with E-state index in [0.29, 0.717) is 24.7 Å². The van der Waals surface area contributed by atoms with Crippen LogP contribution in [0.3, 0.4) is 0 Å². The molecule has 0 atom stereocenters. The molecule has 0 aliphatic heterocycles. The molecule has 3 rings (SSSR count). The second kappa shape index (κ2) is 9.50. The number of benzene rings is 2. The van der Waals surface area contributed by atoms with Gasteiger partial charge >= 0.3 is 5.97 Å². The first kappa shape index (κ1) is 19.4. The summed E-state index contributed by atoms with van der Waals surface area (Å²) >= 11 is 0. The fourth-order valence-electron chi connectivity index (χ4n) is 2.68. The molecule has 1 heterocycles. The van der Waals surface area contributed by atoms with Gasteiger partial charge in [-0.15, -0.1) is 0 Å². The Labute approximate surface area is 163 Å². The first-order chi connectivity index (χ1) is 13.6. The van der Waals surface area contributed by atoms with E-state index in [-0.39, 0.29) is 24.7 Å². The molecule has 144 valence electrons. The number of hydrogen-bond acceptors (Lipinski definition) is 5. The normalized spacial score (nSPS) is 10.5. The number of amides is 1. The highest BCUT2D eigenvalue weighted by Crippen LogP contribution is 2.19. The van der Waals surface area contributed by atoms with Crippen LogP contribution >= 0.6 is 0 Å². The van der Waals surface area contributed by atoms with E-state index in [1.807, 2.05) is 42.5 Å². The van der Waals surface area contributed by atoms with Gasteiger partial charge in [0.1, 0.15) is 12.4 Å². The number of hydrogen-bond donors (Lipinski definition) is 1. The summed E-state index contributed by atoms with van der Waals surface area (Å²) in [6.45, 7) is 2.37. The van der Waals surface area contributed by atoms with Gasteiger partial charge in [-0.3, -0.25) is 9.59 Å². The fraction of sp³-hybridized carbons (Fsp3) is 0.227. The third kappa shape index (κ3) is 5.54. The summed E-state index contributed by atoms with van der Waals surface area (Å²) in [6.07, 6.45) is 0.133. The molecular weight excluding hydrogens is 356 g/mol. The van der Waals surface area contributed by atoms with E-state index in [2.05, 4.69) is 10.3 Å². The number of aromatic nitrogens is 1. The number of fused-ring (bicyclic) bond motifs is 1. The number of pyridine rings is 1. The minimum absolute atomic E-state index is 0.0590. The zero-order valence-corrected chi connectivity index (χ0v) is 15.7. The number of anilines is 1. The van der Waals surface area contributed by atoms with E-state index in [4.69, 9.17) is 9.47 Å². The molecule has 0 aliphatic carbocycles. The van der Waals surface area contributed by atoms with Gasteiger partial charge in [-0.1, -0.05) is 30.3 Å². The fourth-order valence-corrected chi connectivity index (χ4v) is 2.68. The van der Waals surface area contributed by atoms with Gasteiger partial charge in [0.05, 0.1) is 24.2 Å². The van der Waals surface area contributed by atoms with Crippen LogP contribution in [0, 0.1) is 0 Å². The van der Waals surface area contributed by atoms with Gasteiger partial charge in [0.2, 0.25) is 5.91 Å². The minimum atomic E-state index is -0.377. The Morgan fingerprint density at radius 3 is 2.71 bits per heavy atom. The molecule has 3 aromatic rings. The molecule has 28 heavy (non-hydrogen) atoms. The molecule has 6 heteroatoms. The summed E-state index contributed by atoms with van der Waals surface area (Å²) in [5.41, 5.74) is 2.35. The summed E-state index contributed by atoms with van der Waals surface area (Å²) < 4.78 is 10.6. The average molecular weight is 378 g/mol. The lowest BCUT2D eigenvalue weighted by atomic mass is 10.2. The first-order valence-corrected chi connectivity index (χ1v) is 9.17. The van der Waals surface area contributed by atoms with Crippen LogP contribution in [-0.4, -0.2) is 23.5 Å². The Morgan fingerprint density at radius 1 is 1.00 bits per heavy atom. The van der Waals surface area contributed by atoms with E-state index in [1.165, 1.54) is 0 Å². The summed E-state index contributed by atoms with van der Waals surface area (Å²) in [5, 5.41) is 3.84. The number of nitrogens with zero attached hydrogens (tertiary/aromatic N) is 1. The Balaban J connectivity index is 1.55. The van der Waals surface area contributed by atoms with Crippen LogP contribution in [0.1, 0.15) is 25.5 Å². The van der Waals surface area contributed by atoms with Crippen molar-refractivity contribution >= 4 is 28.5 Å². The number of para-hydroxylation sites is 1. The van der Waals surface area contributed by atoms with Gasteiger partial charge in [-0.25, -0.2) is 4.98 Å². The standard InChI is InChI=1S/C22H22N2O4/c1-2-27-22(26)13-12-21(25)24-17-7-5-8-19(14-17)28-15-18-11-10-16-6-3-4-9-20(16)23-18/h3-11,14H,2,12-13,15H2,1H3,(H,24,25). The van der Waals surface area contributed by atoms with Crippen molar-refractivity contribution in [3.63, 3.8) is 0 Å². The molecule has 6 nitrogen and oxygen atoms in total. The van der Waals surface area contributed by atoms with E-state index < -0.39 is 0 Å². The molecule has 0 bridgehead atoms. The predicted molar refractivity (Wildman–Crippen MR) is 107 cm³/mol. The van der Waals surface area contributed by atoms with Gasteiger partial charge in [0.25, 0.3) is 0 Å². The number of rotatable bonds is 8. The van der Waals surface area contributed by atoms with Gasteiger partial charge in [0.15, 0.2) is 0 Å². The topological polar surface area (TPSA) is 77.5 Å². The lowest BCUT2D eigenvalue weighted by molar-refractivity contribution is -0.144. The highest BCUT2D eigenvalue weighted by Gasteiger charge is 2.08. The third-order valence-electron chi connectivity index (χ3n) is 4.02. The largest absolute Gasteiger partial charge is 0.487 e. The van der Waals surface area contributed by atoms with Crippen LogP contribution < -0.4 is 10.1 Å². The highest BCUT2D eigenvalue weighted by molar-refractivity contribution is 5.92. The molecule has 0 aliphatic rings. The lowest BCUT2D eigenvalue weighted by Gasteiger charge is -2.09. The van der Waals surface area contributed by atoms with Crippen molar-refractivity contribution in [1.82, 2.24) is 4.98 Å². The lowest BCUT2D eigenvalue weighted by Crippen LogP contribution is -2.14. The monoisotopic (exact) mass is 378 g/mol. The number of carbonyl (C=O) groups is 2. The number of nitrogens with one attached hydrogen (secondary N) is 1. The molecule has 0 saturated carbocycles. The maximum Gasteiger partial charge on any atom is 0.306 e. The van der Waals surface area contributed by atoms with Crippen molar-refractivity contribution in [3.8, 4) is 5.75 Å². The smallest absolute Gasteiger partial charge is 0.306 e. The van der Waals surface area contributed by atoms with Crippen LogP contribution in [0.15, 0.2) is 60.7 Å². The Kier molecular flexibility index (Phi) is 6.57. The molecule has 1 aromatic heterocycles. The molecule has 0 unspecified atom stereocenters. The SMILES string of the molecule is CCOC(=O)CCC(=O)Nc1cccc(OCc2ccc3ccccc3n2)c1. The zero-order chi connectivity index (χ0) is 19.8. The summed E-state index contributed by atoms with van der Waals surface area (Å²) in [5.74, 6) is -0.00262. The van der Waals surface area contributed by atoms with E-state index in [1.54, 1.807) is 25.1 Å². The third-order valence-corrected chi connectivity index (χ3v) is 4.02. The molecular formula is C22H22N2O4. The summed E-state index contributed by atoms with van der Waals surface area (Å²) in [4.78, 5) is 27.9. The van der Waals surface area contributed by atoms with Crippen LogP contribution in [0.25, 0.3) is 10.9 Å². The highest BCUT2D eigenvalue weighted by atomic mass is 16.5. The maximum atomic E-state index is 12.0. The van der Waals surface area contributed by atoms with Gasteiger partial charge in [0, 0.05) is 23.6 Å². The van der Waals surface area contributed by atoms with E-state index >= 15 is 0 Å². The summed E-state index contributed by atoms with van der Waals surface area (Å²) in [7, 11) is 0. The zero-order valence-electron chi connectivity index (χ0n) is 15.7. The quantitative estimate of drug-likeness (QED) is 0.597. The van der Waals surface area contributed by atoms with E-state index in [9.17, 15) is 9.59 Å². The molecule has 0 saturated heterocycles. The number of esters is 1. The average Bonchev–Trinajstić information content (AvgIpc) is 2.71. The number of carbonyl (C=O) groups excluding carboxylic acids is 2. The molecule has 2 aromatic carbocycles. The maximum absolute atomic E-state index is 12.0. The Bertz CT molecular complexity index is 971. The second-order valence-electron chi connectivity index (χ2n) is 6.16. The molecule has 0 fully saturated rings. The van der Waals surface area contributed by atoms with Crippen LogP contribution in [0.2, 0.25) is 0 Å². The van der Waals surface area contributed by atoms with Gasteiger partial charge in [-0.05, 0) is 31.2 Å².